The van der Waals surface area contributed by atoms with Gasteiger partial charge in [0, 0.05) is 10.9 Å². The van der Waals surface area contributed by atoms with Crippen LogP contribution in [0.3, 0.4) is 0 Å². The zero-order valence-corrected chi connectivity index (χ0v) is 11.6. The number of alkyl halides is 3. The summed E-state index contributed by atoms with van der Waals surface area (Å²) in [5.74, 6) is 0.488. The van der Waals surface area contributed by atoms with Crippen molar-refractivity contribution < 1.29 is 22.6 Å². The van der Waals surface area contributed by atoms with Crippen molar-refractivity contribution in [2.24, 2.45) is 0 Å². The Morgan fingerprint density at radius 2 is 1.94 bits per heavy atom. The summed E-state index contributed by atoms with van der Waals surface area (Å²) in [6.45, 7) is -0.996. The smallest absolute Gasteiger partial charge is 0.411 e. The maximum absolute atomic E-state index is 11.7. The first-order valence-corrected chi connectivity index (χ1v) is 6.28. The molecule has 0 aliphatic heterocycles. The number of halogens is 5. The number of rotatable bonds is 6. The Labute approximate surface area is 116 Å². The lowest BCUT2D eigenvalue weighted by molar-refractivity contribution is -0.174. The molecule has 0 aliphatic rings. The fourth-order valence-corrected chi connectivity index (χ4v) is 1.63. The zero-order chi connectivity index (χ0) is 13.6. The molecule has 1 aromatic rings. The lowest BCUT2D eigenvalue weighted by atomic mass is 10.3. The minimum absolute atomic E-state index is 0.00880. The summed E-state index contributed by atoms with van der Waals surface area (Å²) in [6, 6.07) is 5.13. The lowest BCUT2D eigenvalue weighted by Gasteiger charge is -2.09. The van der Waals surface area contributed by atoms with E-state index in [2.05, 4.69) is 20.7 Å². The van der Waals surface area contributed by atoms with E-state index in [4.69, 9.17) is 16.3 Å². The SMILES string of the molecule is FC(F)(F)COCCCOc1cc(Br)ccc1Cl. The second kappa shape index (κ2) is 7.21. The molecule has 0 N–H and O–H groups in total. The van der Waals surface area contributed by atoms with E-state index in [9.17, 15) is 13.2 Å². The van der Waals surface area contributed by atoms with E-state index in [1.165, 1.54) is 0 Å². The Hall–Kier alpha value is -0.460. The lowest BCUT2D eigenvalue weighted by Crippen LogP contribution is -2.18. The van der Waals surface area contributed by atoms with Gasteiger partial charge in [-0.1, -0.05) is 27.5 Å². The van der Waals surface area contributed by atoms with Crippen molar-refractivity contribution in [3.8, 4) is 5.75 Å². The highest BCUT2D eigenvalue weighted by atomic mass is 79.9. The van der Waals surface area contributed by atoms with Gasteiger partial charge < -0.3 is 9.47 Å². The van der Waals surface area contributed by atoms with Crippen LogP contribution in [0.1, 0.15) is 6.42 Å². The average molecular weight is 348 g/mol. The third-order valence-electron chi connectivity index (χ3n) is 1.85. The largest absolute Gasteiger partial charge is 0.492 e. The Kier molecular flexibility index (Phi) is 6.25. The maximum atomic E-state index is 11.7. The van der Waals surface area contributed by atoms with Crippen molar-refractivity contribution >= 4 is 27.5 Å². The van der Waals surface area contributed by atoms with Crippen LogP contribution in [-0.4, -0.2) is 26.0 Å². The molecule has 0 heterocycles. The molecule has 102 valence electrons. The van der Waals surface area contributed by atoms with Crippen molar-refractivity contribution in [3.63, 3.8) is 0 Å². The van der Waals surface area contributed by atoms with E-state index >= 15 is 0 Å². The van der Waals surface area contributed by atoms with E-state index in [1.54, 1.807) is 18.2 Å². The standard InChI is InChI=1S/C11H11BrClF3O2/c12-8-2-3-9(13)10(6-8)18-5-1-4-17-7-11(14,15)16/h2-3,6H,1,4-5,7H2. The molecule has 1 aromatic carbocycles. The van der Waals surface area contributed by atoms with Crippen LogP contribution < -0.4 is 4.74 Å². The summed E-state index contributed by atoms with van der Waals surface area (Å²) < 4.78 is 45.8. The summed E-state index contributed by atoms with van der Waals surface area (Å²) in [7, 11) is 0. The molecule has 18 heavy (non-hydrogen) atoms. The first-order valence-electron chi connectivity index (χ1n) is 5.11. The van der Waals surface area contributed by atoms with Crippen LogP contribution >= 0.6 is 27.5 Å². The molecule has 0 aliphatic carbocycles. The third kappa shape index (κ3) is 6.47. The van der Waals surface area contributed by atoms with Gasteiger partial charge in [0.2, 0.25) is 0 Å². The summed E-state index contributed by atoms with van der Waals surface area (Å²) in [5.41, 5.74) is 0. The molecule has 0 bridgehead atoms. The monoisotopic (exact) mass is 346 g/mol. The van der Waals surface area contributed by atoms with E-state index in [-0.39, 0.29) is 13.2 Å². The van der Waals surface area contributed by atoms with Crippen LogP contribution in [0.5, 0.6) is 5.75 Å². The maximum Gasteiger partial charge on any atom is 0.411 e. The van der Waals surface area contributed by atoms with Crippen molar-refractivity contribution in [3.05, 3.63) is 27.7 Å². The second-order valence-corrected chi connectivity index (χ2v) is 4.77. The van der Waals surface area contributed by atoms with Crippen LogP contribution in [0.15, 0.2) is 22.7 Å². The highest BCUT2D eigenvalue weighted by molar-refractivity contribution is 9.10. The average Bonchev–Trinajstić information content (AvgIpc) is 2.26. The molecule has 0 fully saturated rings. The highest BCUT2D eigenvalue weighted by Gasteiger charge is 2.27. The first-order chi connectivity index (χ1) is 8.38. The molecule has 0 aromatic heterocycles. The molecule has 1 rings (SSSR count). The third-order valence-corrected chi connectivity index (χ3v) is 2.66. The van der Waals surface area contributed by atoms with Crippen molar-refractivity contribution in [1.29, 1.82) is 0 Å². The van der Waals surface area contributed by atoms with Gasteiger partial charge in [0.05, 0.1) is 18.2 Å². The highest BCUT2D eigenvalue weighted by Crippen LogP contribution is 2.27. The van der Waals surface area contributed by atoms with E-state index in [0.717, 1.165) is 4.47 Å². The molecule has 0 unspecified atom stereocenters. The minimum atomic E-state index is -4.28. The Morgan fingerprint density at radius 3 is 2.61 bits per heavy atom. The Bertz CT molecular complexity index is 385. The molecular formula is C11H11BrClF3O2. The normalized spacial score (nSPS) is 11.6. The molecule has 0 amide bonds. The van der Waals surface area contributed by atoms with Gasteiger partial charge in [0.25, 0.3) is 0 Å². The van der Waals surface area contributed by atoms with E-state index in [0.29, 0.717) is 17.2 Å². The fourth-order valence-electron chi connectivity index (χ4n) is 1.12. The van der Waals surface area contributed by atoms with Crippen LogP contribution in [0.25, 0.3) is 0 Å². The summed E-state index contributed by atoms with van der Waals surface area (Å²) in [4.78, 5) is 0. The number of ether oxygens (including phenoxy) is 2. The fraction of sp³-hybridized carbons (Fsp3) is 0.455. The Morgan fingerprint density at radius 1 is 1.22 bits per heavy atom. The zero-order valence-electron chi connectivity index (χ0n) is 9.27. The van der Waals surface area contributed by atoms with E-state index in [1.807, 2.05) is 0 Å². The summed E-state index contributed by atoms with van der Waals surface area (Å²) in [5, 5.41) is 0.453. The summed E-state index contributed by atoms with van der Waals surface area (Å²) >= 11 is 9.13. The van der Waals surface area contributed by atoms with Crippen LogP contribution in [0, 0.1) is 0 Å². The van der Waals surface area contributed by atoms with Gasteiger partial charge in [-0.2, -0.15) is 13.2 Å². The molecule has 0 radical (unpaired) electrons. The molecular weight excluding hydrogens is 336 g/mol. The van der Waals surface area contributed by atoms with Crippen LogP contribution in [-0.2, 0) is 4.74 Å². The van der Waals surface area contributed by atoms with Crippen LogP contribution in [0.2, 0.25) is 5.02 Å². The predicted molar refractivity (Wildman–Crippen MR) is 66.1 cm³/mol. The van der Waals surface area contributed by atoms with Crippen molar-refractivity contribution in [2.45, 2.75) is 12.6 Å². The van der Waals surface area contributed by atoms with E-state index < -0.39 is 12.8 Å². The number of hydrogen-bond acceptors (Lipinski definition) is 2. The molecule has 7 heteroatoms. The van der Waals surface area contributed by atoms with Gasteiger partial charge in [0.1, 0.15) is 12.4 Å². The van der Waals surface area contributed by atoms with Gasteiger partial charge in [-0.15, -0.1) is 0 Å². The number of hydrogen-bond donors (Lipinski definition) is 0. The molecule has 0 saturated heterocycles. The quantitative estimate of drug-likeness (QED) is 0.708. The molecule has 2 nitrogen and oxygen atoms in total. The van der Waals surface area contributed by atoms with Crippen molar-refractivity contribution in [1.82, 2.24) is 0 Å². The number of benzene rings is 1. The van der Waals surface area contributed by atoms with Crippen LogP contribution in [0.4, 0.5) is 13.2 Å². The van der Waals surface area contributed by atoms with Crippen molar-refractivity contribution in [2.75, 3.05) is 19.8 Å². The van der Waals surface area contributed by atoms with Gasteiger partial charge in [-0.3, -0.25) is 0 Å². The topological polar surface area (TPSA) is 18.5 Å². The van der Waals surface area contributed by atoms with Gasteiger partial charge >= 0.3 is 6.18 Å². The summed E-state index contributed by atoms with van der Waals surface area (Å²) in [6.07, 6.45) is -3.92. The van der Waals surface area contributed by atoms with Gasteiger partial charge in [0.15, 0.2) is 0 Å². The molecule has 0 spiro atoms. The van der Waals surface area contributed by atoms with Gasteiger partial charge in [-0.05, 0) is 18.2 Å². The first kappa shape index (κ1) is 15.6. The predicted octanol–water partition coefficient (Wildman–Crippen LogP) is 4.45. The van der Waals surface area contributed by atoms with Gasteiger partial charge in [-0.25, -0.2) is 0 Å². The minimum Gasteiger partial charge on any atom is -0.492 e. The molecule has 0 atom stereocenters. The Balaban J connectivity index is 2.20. The molecule has 0 saturated carbocycles. The second-order valence-electron chi connectivity index (χ2n) is 3.44.